The standard InChI is InChI=1S/C2H2BrF3O.ClH/c3-7-1-2(4,5)6;/h1H2;1H. The first kappa shape index (κ1) is 11.3. The van der Waals surface area contributed by atoms with Crippen molar-refractivity contribution in [2.45, 2.75) is 6.18 Å². The molecule has 0 aliphatic rings. The second kappa shape index (κ2) is 4.40. The molecule has 0 rings (SSSR count). The van der Waals surface area contributed by atoms with Crippen LogP contribution in [0.5, 0.6) is 0 Å². The lowest BCUT2D eigenvalue weighted by Gasteiger charge is -1.99. The maximum atomic E-state index is 10.9. The van der Waals surface area contributed by atoms with E-state index in [0.717, 1.165) is 0 Å². The van der Waals surface area contributed by atoms with Crippen LogP contribution in [0.2, 0.25) is 0 Å². The van der Waals surface area contributed by atoms with Crippen molar-refractivity contribution in [3.8, 4) is 0 Å². The van der Waals surface area contributed by atoms with Crippen molar-refractivity contribution in [3.63, 3.8) is 0 Å². The molecule has 52 valence electrons. The van der Waals surface area contributed by atoms with Crippen LogP contribution < -0.4 is 0 Å². The van der Waals surface area contributed by atoms with E-state index in [1.807, 2.05) is 0 Å². The second-order valence-corrected chi connectivity index (χ2v) is 1.33. The average Bonchev–Trinajstić information content (AvgIpc) is 1.30. The first-order valence-corrected chi connectivity index (χ1v) is 2.01. The largest absolute Gasteiger partial charge is 0.412 e. The van der Waals surface area contributed by atoms with Gasteiger partial charge in [0.05, 0.1) is 16.3 Å². The fourth-order valence-corrected chi connectivity index (χ4v) is 0.321. The minimum Gasteiger partial charge on any atom is -0.298 e. The van der Waals surface area contributed by atoms with Gasteiger partial charge >= 0.3 is 6.18 Å². The molecule has 0 aliphatic carbocycles. The van der Waals surface area contributed by atoms with Gasteiger partial charge in [-0.2, -0.15) is 13.2 Å². The normalized spacial score (nSPS) is 10.5. The fraction of sp³-hybridized carbons (Fsp3) is 1.00. The molecule has 1 nitrogen and oxygen atoms in total. The third-order valence-corrected chi connectivity index (χ3v) is 0.447. The Morgan fingerprint density at radius 2 is 1.75 bits per heavy atom. The van der Waals surface area contributed by atoms with Gasteiger partial charge in [-0.1, -0.05) is 0 Å². The Hall–Kier alpha value is 0.520. The Balaban J connectivity index is 0. The maximum absolute atomic E-state index is 10.9. The summed E-state index contributed by atoms with van der Waals surface area (Å²) < 4.78 is 36.3. The molecular formula is C2H3BrClF3O. The van der Waals surface area contributed by atoms with Gasteiger partial charge in [-0.25, -0.2) is 0 Å². The van der Waals surface area contributed by atoms with Crippen molar-refractivity contribution in [1.82, 2.24) is 0 Å². The highest BCUT2D eigenvalue weighted by molar-refractivity contribution is 9.06. The van der Waals surface area contributed by atoms with E-state index in [2.05, 4.69) is 20.1 Å². The summed E-state index contributed by atoms with van der Waals surface area (Å²) in [7, 11) is 0. The van der Waals surface area contributed by atoms with Crippen molar-refractivity contribution in [3.05, 3.63) is 0 Å². The minimum absolute atomic E-state index is 0. The molecule has 0 amide bonds. The van der Waals surface area contributed by atoms with Crippen LogP contribution in [0.25, 0.3) is 0 Å². The predicted octanol–water partition coefficient (Wildman–Crippen LogP) is 2.30. The predicted molar refractivity (Wildman–Crippen MR) is 28.2 cm³/mol. The highest BCUT2D eigenvalue weighted by atomic mass is 79.9. The molecular weight excluding hydrogens is 212 g/mol. The van der Waals surface area contributed by atoms with Gasteiger partial charge in [0, 0.05) is 0 Å². The van der Waals surface area contributed by atoms with E-state index in [-0.39, 0.29) is 12.4 Å². The van der Waals surface area contributed by atoms with Crippen molar-refractivity contribution in [1.29, 1.82) is 0 Å². The maximum Gasteiger partial charge on any atom is 0.412 e. The zero-order valence-electron chi connectivity index (χ0n) is 3.54. The molecule has 0 unspecified atom stereocenters. The highest BCUT2D eigenvalue weighted by Gasteiger charge is 2.26. The van der Waals surface area contributed by atoms with Crippen molar-refractivity contribution in [2.24, 2.45) is 0 Å². The number of hydrogen-bond donors (Lipinski definition) is 0. The van der Waals surface area contributed by atoms with Crippen LogP contribution >= 0.6 is 28.7 Å². The lowest BCUT2D eigenvalue weighted by molar-refractivity contribution is -0.149. The van der Waals surface area contributed by atoms with Gasteiger partial charge in [-0.15, -0.1) is 12.4 Å². The summed E-state index contributed by atoms with van der Waals surface area (Å²) >= 11 is 2.17. The van der Waals surface area contributed by atoms with Gasteiger partial charge in [0.15, 0.2) is 6.61 Å². The molecule has 0 aliphatic heterocycles. The molecule has 0 heterocycles. The lowest BCUT2D eigenvalue weighted by Crippen LogP contribution is -2.13. The molecule has 0 fully saturated rings. The summed E-state index contributed by atoms with van der Waals surface area (Å²) in [5.74, 6) is 0. The molecule has 0 saturated carbocycles. The van der Waals surface area contributed by atoms with Crippen LogP contribution in [0, 0.1) is 0 Å². The summed E-state index contributed by atoms with van der Waals surface area (Å²) in [5, 5.41) is 0. The van der Waals surface area contributed by atoms with E-state index in [1.165, 1.54) is 0 Å². The molecule has 0 saturated heterocycles. The smallest absolute Gasteiger partial charge is 0.298 e. The summed E-state index contributed by atoms with van der Waals surface area (Å²) in [6.07, 6.45) is -4.22. The van der Waals surface area contributed by atoms with Crippen LogP contribution in [-0.2, 0) is 3.83 Å². The zero-order chi connectivity index (χ0) is 5.91. The van der Waals surface area contributed by atoms with Crippen LogP contribution in [-0.4, -0.2) is 12.8 Å². The monoisotopic (exact) mass is 214 g/mol. The number of halogens is 5. The first-order chi connectivity index (χ1) is 3.06. The Kier molecular flexibility index (Phi) is 6.24. The number of hydrogen-bond acceptors (Lipinski definition) is 1. The van der Waals surface area contributed by atoms with E-state index >= 15 is 0 Å². The molecule has 0 aromatic carbocycles. The summed E-state index contributed by atoms with van der Waals surface area (Å²) in [6.45, 7) is -1.24. The van der Waals surface area contributed by atoms with Crippen molar-refractivity contribution >= 4 is 28.7 Å². The van der Waals surface area contributed by atoms with E-state index < -0.39 is 12.8 Å². The Labute approximate surface area is 59.1 Å². The quantitative estimate of drug-likeness (QED) is 0.652. The van der Waals surface area contributed by atoms with Crippen molar-refractivity contribution < 1.29 is 17.0 Å². The topological polar surface area (TPSA) is 9.23 Å². The van der Waals surface area contributed by atoms with E-state index in [9.17, 15) is 13.2 Å². The van der Waals surface area contributed by atoms with Crippen LogP contribution in [0.15, 0.2) is 0 Å². The van der Waals surface area contributed by atoms with Gasteiger partial charge in [-0.05, 0) is 0 Å². The molecule has 0 N–H and O–H groups in total. The van der Waals surface area contributed by atoms with E-state index in [4.69, 9.17) is 0 Å². The van der Waals surface area contributed by atoms with Gasteiger partial charge < -0.3 is 0 Å². The van der Waals surface area contributed by atoms with Gasteiger partial charge in [0.2, 0.25) is 0 Å². The summed E-state index contributed by atoms with van der Waals surface area (Å²) in [6, 6.07) is 0. The molecule has 0 bridgehead atoms. The third-order valence-electron chi connectivity index (χ3n) is 0.218. The number of rotatable bonds is 1. The van der Waals surface area contributed by atoms with E-state index in [1.54, 1.807) is 0 Å². The zero-order valence-corrected chi connectivity index (χ0v) is 5.94. The Bertz CT molecular complexity index is 55.7. The Morgan fingerprint density at radius 1 is 1.38 bits per heavy atom. The van der Waals surface area contributed by atoms with Gasteiger partial charge in [0.1, 0.15) is 0 Å². The number of alkyl halides is 3. The fourth-order valence-electron chi connectivity index (χ4n) is 0.0619. The van der Waals surface area contributed by atoms with E-state index in [0.29, 0.717) is 0 Å². The first-order valence-electron chi connectivity index (χ1n) is 1.36. The molecule has 0 atom stereocenters. The second-order valence-electron chi connectivity index (χ2n) is 0.869. The minimum atomic E-state index is -4.22. The molecule has 0 radical (unpaired) electrons. The lowest BCUT2D eigenvalue weighted by atomic mass is 10.7. The highest BCUT2D eigenvalue weighted by Crippen LogP contribution is 2.15. The van der Waals surface area contributed by atoms with Gasteiger partial charge in [-0.3, -0.25) is 3.83 Å². The third kappa shape index (κ3) is 9.72. The average molecular weight is 215 g/mol. The van der Waals surface area contributed by atoms with Crippen LogP contribution in [0.4, 0.5) is 13.2 Å². The van der Waals surface area contributed by atoms with Crippen molar-refractivity contribution in [2.75, 3.05) is 6.61 Å². The molecule has 0 aromatic rings. The van der Waals surface area contributed by atoms with Crippen LogP contribution in [0.3, 0.4) is 0 Å². The summed E-state index contributed by atoms with van der Waals surface area (Å²) in [5.41, 5.74) is 0. The summed E-state index contributed by atoms with van der Waals surface area (Å²) in [4.78, 5) is 0. The molecule has 8 heavy (non-hydrogen) atoms. The van der Waals surface area contributed by atoms with Crippen LogP contribution in [0.1, 0.15) is 0 Å². The Morgan fingerprint density at radius 3 is 1.75 bits per heavy atom. The van der Waals surface area contributed by atoms with Gasteiger partial charge in [0.25, 0.3) is 0 Å². The molecule has 6 heteroatoms. The molecule has 0 spiro atoms. The molecule has 0 aromatic heterocycles. The SMILES string of the molecule is Cl.FC(F)(F)COBr.